The second-order valence-electron chi connectivity index (χ2n) is 6.18. The number of nitrogens with one attached hydrogen (secondary N) is 1. The molecule has 0 saturated heterocycles. The fourth-order valence-electron chi connectivity index (χ4n) is 3.17. The summed E-state index contributed by atoms with van der Waals surface area (Å²) < 4.78 is 0. The third kappa shape index (κ3) is 4.59. The topological polar surface area (TPSA) is 15.3 Å². The van der Waals surface area contributed by atoms with E-state index in [0.717, 1.165) is 24.4 Å². The van der Waals surface area contributed by atoms with Gasteiger partial charge < -0.3 is 10.2 Å². The largest absolute Gasteiger partial charge is 0.313 e. The molecule has 0 amide bonds. The molecular formula is C15H32N2. The third-order valence-corrected chi connectivity index (χ3v) is 4.39. The molecule has 0 aliphatic heterocycles. The zero-order valence-corrected chi connectivity index (χ0v) is 12.5. The number of likely N-dealkylation sites (N-methyl/N-ethyl adjacent to an activating group) is 2. The number of rotatable bonds is 6. The van der Waals surface area contributed by atoms with Crippen LogP contribution in [0, 0.1) is 11.8 Å². The van der Waals surface area contributed by atoms with Gasteiger partial charge in [-0.15, -0.1) is 0 Å². The first-order valence-corrected chi connectivity index (χ1v) is 7.49. The van der Waals surface area contributed by atoms with Crippen LogP contribution in [-0.2, 0) is 0 Å². The molecule has 2 nitrogen and oxygen atoms in total. The molecule has 1 aliphatic rings. The van der Waals surface area contributed by atoms with E-state index in [1.165, 1.54) is 32.2 Å². The highest BCUT2D eigenvalue weighted by Gasteiger charge is 2.26. The van der Waals surface area contributed by atoms with Crippen LogP contribution in [0.3, 0.4) is 0 Å². The highest BCUT2D eigenvalue weighted by atomic mass is 15.2. The Kier molecular flexibility index (Phi) is 6.50. The molecule has 1 saturated carbocycles. The molecule has 3 unspecified atom stereocenters. The standard InChI is InChI=1S/C15H32N2/c1-6-16-14(12(2)3)11-17(5)15-10-8-7-9-13(15)4/h12-16H,6-11H2,1-5H3. The van der Waals surface area contributed by atoms with Crippen LogP contribution in [0.4, 0.5) is 0 Å². The molecule has 102 valence electrons. The predicted octanol–water partition coefficient (Wildman–Crippen LogP) is 3.13. The van der Waals surface area contributed by atoms with Crippen molar-refractivity contribution in [1.82, 2.24) is 10.2 Å². The minimum absolute atomic E-state index is 0.638. The van der Waals surface area contributed by atoms with E-state index in [4.69, 9.17) is 0 Å². The van der Waals surface area contributed by atoms with Gasteiger partial charge in [0.2, 0.25) is 0 Å². The van der Waals surface area contributed by atoms with E-state index in [2.05, 4.69) is 45.0 Å². The van der Waals surface area contributed by atoms with E-state index < -0.39 is 0 Å². The summed E-state index contributed by atoms with van der Waals surface area (Å²) in [4.78, 5) is 2.61. The van der Waals surface area contributed by atoms with Crippen molar-refractivity contribution in [2.24, 2.45) is 11.8 Å². The lowest BCUT2D eigenvalue weighted by molar-refractivity contribution is 0.120. The zero-order valence-electron chi connectivity index (χ0n) is 12.5. The Morgan fingerprint density at radius 1 is 1.24 bits per heavy atom. The van der Waals surface area contributed by atoms with Crippen LogP contribution in [0.15, 0.2) is 0 Å². The summed E-state index contributed by atoms with van der Waals surface area (Å²) in [7, 11) is 2.32. The maximum absolute atomic E-state index is 3.63. The average molecular weight is 240 g/mol. The van der Waals surface area contributed by atoms with Gasteiger partial charge in [-0.05, 0) is 38.3 Å². The fraction of sp³-hybridized carbons (Fsp3) is 1.00. The molecule has 0 aromatic heterocycles. The molecule has 0 aromatic rings. The van der Waals surface area contributed by atoms with Crippen molar-refractivity contribution in [3.8, 4) is 0 Å². The second-order valence-corrected chi connectivity index (χ2v) is 6.18. The normalized spacial score (nSPS) is 27.7. The molecule has 1 aliphatic carbocycles. The van der Waals surface area contributed by atoms with Gasteiger partial charge in [-0.3, -0.25) is 0 Å². The van der Waals surface area contributed by atoms with E-state index in [1.54, 1.807) is 0 Å². The van der Waals surface area contributed by atoms with Crippen molar-refractivity contribution in [2.45, 2.75) is 65.5 Å². The van der Waals surface area contributed by atoms with Gasteiger partial charge in [-0.25, -0.2) is 0 Å². The van der Waals surface area contributed by atoms with Gasteiger partial charge in [-0.2, -0.15) is 0 Å². The maximum atomic E-state index is 3.63. The van der Waals surface area contributed by atoms with Crippen molar-refractivity contribution in [3.63, 3.8) is 0 Å². The lowest BCUT2D eigenvalue weighted by Gasteiger charge is -2.39. The first-order chi connectivity index (χ1) is 8.06. The van der Waals surface area contributed by atoms with Crippen LogP contribution in [-0.4, -0.2) is 37.1 Å². The van der Waals surface area contributed by atoms with E-state index in [9.17, 15) is 0 Å². The SMILES string of the molecule is CCNC(CN(C)C1CCCCC1C)C(C)C. The summed E-state index contributed by atoms with van der Waals surface area (Å²) >= 11 is 0. The highest BCUT2D eigenvalue weighted by Crippen LogP contribution is 2.27. The Hall–Kier alpha value is -0.0800. The second kappa shape index (κ2) is 7.38. The van der Waals surface area contributed by atoms with Crippen LogP contribution in [0.1, 0.15) is 53.4 Å². The maximum Gasteiger partial charge on any atom is 0.0217 e. The van der Waals surface area contributed by atoms with Crippen LogP contribution in [0.2, 0.25) is 0 Å². The summed E-state index contributed by atoms with van der Waals surface area (Å²) in [6.45, 7) is 11.6. The molecule has 3 atom stereocenters. The van der Waals surface area contributed by atoms with Crippen molar-refractivity contribution >= 4 is 0 Å². The smallest absolute Gasteiger partial charge is 0.0217 e. The quantitative estimate of drug-likeness (QED) is 0.767. The lowest BCUT2D eigenvalue weighted by Crippen LogP contribution is -2.48. The van der Waals surface area contributed by atoms with Crippen molar-refractivity contribution in [2.75, 3.05) is 20.1 Å². The van der Waals surface area contributed by atoms with Gasteiger partial charge in [0.15, 0.2) is 0 Å². The van der Waals surface area contributed by atoms with Gasteiger partial charge >= 0.3 is 0 Å². The Morgan fingerprint density at radius 3 is 2.41 bits per heavy atom. The summed E-state index contributed by atoms with van der Waals surface area (Å²) in [6, 6.07) is 1.45. The summed E-state index contributed by atoms with van der Waals surface area (Å²) in [5, 5.41) is 3.63. The summed E-state index contributed by atoms with van der Waals surface area (Å²) in [5.41, 5.74) is 0. The minimum atomic E-state index is 0.638. The zero-order chi connectivity index (χ0) is 12.8. The molecule has 0 spiro atoms. The van der Waals surface area contributed by atoms with Crippen LogP contribution in [0.25, 0.3) is 0 Å². The van der Waals surface area contributed by atoms with E-state index in [1.807, 2.05) is 0 Å². The van der Waals surface area contributed by atoms with Crippen LogP contribution >= 0.6 is 0 Å². The molecule has 1 fully saturated rings. The first kappa shape index (κ1) is 15.0. The Balaban J connectivity index is 2.47. The molecule has 1 rings (SSSR count). The third-order valence-electron chi connectivity index (χ3n) is 4.39. The van der Waals surface area contributed by atoms with Crippen LogP contribution in [0.5, 0.6) is 0 Å². The molecule has 0 heterocycles. The van der Waals surface area contributed by atoms with Gasteiger partial charge in [0.05, 0.1) is 0 Å². The molecule has 0 aromatic carbocycles. The Bertz CT molecular complexity index is 203. The number of hydrogen-bond acceptors (Lipinski definition) is 2. The number of hydrogen-bond donors (Lipinski definition) is 1. The molecular weight excluding hydrogens is 208 g/mol. The molecule has 17 heavy (non-hydrogen) atoms. The van der Waals surface area contributed by atoms with Gasteiger partial charge in [0.1, 0.15) is 0 Å². The average Bonchev–Trinajstić information content (AvgIpc) is 2.28. The van der Waals surface area contributed by atoms with Crippen molar-refractivity contribution < 1.29 is 0 Å². The number of nitrogens with zero attached hydrogens (tertiary/aromatic N) is 1. The van der Waals surface area contributed by atoms with Gasteiger partial charge in [-0.1, -0.05) is 40.5 Å². The Morgan fingerprint density at radius 2 is 1.88 bits per heavy atom. The summed E-state index contributed by atoms with van der Waals surface area (Å²) in [5.74, 6) is 1.60. The van der Waals surface area contributed by atoms with Gasteiger partial charge in [0.25, 0.3) is 0 Å². The van der Waals surface area contributed by atoms with E-state index >= 15 is 0 Å². The van der Waals surface area contributed by atoms with Crippen molar-refractivity contribution in [1.29, 1.82) is 0 Å². The van der Waals surface area contributed by atoms with Crippen LogP contribution < -0.4 is 5.32 Å². The van der Waals surface area contributed by atoms with E-state index in [-0.39, 0.29) is 0 Å². The fourth-order valence-corrected chi connectivity index (χ4v) is 3.17. The molecule has 0 radical (unpaired) electrons. The lowest BCUT2D eigenvalue weighted by atomic mass is 9.84. The minimum Gasteiger partial charge on any atom is -0.313 e. The van der Waals surface area contributed by atoms with Crippen molar-refractivity contribution in [3.05, 3.63) is 0 Å². The monoisotopic (exact) mass is 240 g/mol. The predicted molar refractivity (Wildman–Crippen MR) is 76.4 cm³/mol. The first-order valence-electron chi connectivity index (χ1n) is 7.49. The highest BCUT2D eigenvalue weighted by molar-refractivity contribution is 4.83. The molecule has 2 heteroatoms. The molecule has 0 bridgehead atoms. The van der Waals surface area contributed by atoms with E-state index in [0.29, 0.717) is 6.04 Å². The molecule has 1 N–H and O–H groups in total. The van der Waals surface area contributed by atoms with Gasteiger partial charge in [0, 0.05) is 18.6 Å². The summed E-state index contributed by atoms with van der Waals surface area (Å²) in [6.07, 6.45) is 5.68. The Labute approximate surface area is 108 Å².